The molecule has 0 spiro atoms. The molecule has 52 valence electrons. The molecule has 0 nitrogen and oxygen atoms in total. The van der Waals surface area contributed by atoms with Crippen LogP contribution < -0.4 is 0 Å². The van der Waals surface area contributed by atoms with Crippen LogP contribution in [-0.2, 0) is 0 Å². The fourth-order valence-electron chi connectivity index (χ4n) is 1.91. The van der Waals surface area contributed by atoms with E-state index < -0.39 is 0 Å². The Morgan fingerprint density at radius 3 is 2.90 bits per heavy atom. The summed E-state index contributed by atoms with van der Waals surface area (Å²) in [5, 5.41) is 0. The number of allylic oxidation sites excluding steroid dienone is 2. The third-order valence-corrected chi connectivity index (χ3v) is 2.62. The Morgan fingerprint density at radius 2 is 2.60 bits per heavy atom. The molecule has 0 aromatic carbocycles. The highest BCUT2D eigenvalue weighted by Gasteiger charge is 2.25. The van der Waals surface area contributed by atoms with E-state index in [-0.39, 0.29) is 0 Å². The first-order chi connectivity index (χ1) is 4.90. The van der Waals surface area contributed by atoms with Crippen LogP contribution in [0.25, 0.3) is 0 Å². The van der Waals surface area contributed by atoms with E-state index in [0.717, 1.165) is 11.8 Å². The quantitative estimate of drug-likeness (QED) is 0.380. The molecular formula is C10H12. The Kier molecular flexibility index (Phi) is 1.28. The zero-order chi connectivity index (χ0) is 6.97. The molecule has 0 amide bonds. The van der Waals surface area contributed by atoms with Crippen molar-refractivity contribution in [3.63, 3.8) is 0 Å². The summed E-state index contributed by atoms with van der Waals surface area (Å²) in [6, 6.07) is 0. The van der Waals surface area contributed by atoms with E-state index in [9.17, 15) is 0 Å². The monoisotopic (exact) mass is 132 g/mol. The summed E-state index contributed by atoms with van der Waals surface area (Å²) in [5.41, 5.74) is 4.83. The third kappa shape index (κ3) is 0.767. The smallest absolute Gasteiger partial charge is 0.00880 e. The average molecular weight is 132 g/mol. The fraction of sp³-hybridized carbons (Fsp3) is 0.500. The molecule has 1 saturated carbocycles. The van der Waals surface area contributed by atoms with Crippen molar-refractivity contribution in [2.75, 3.05) is 0 Å². The highest BCUT2D eigenvalue weighted by molar-refractivity contribution is 5.18. The summed E-state index contributed by atoms with van der Waals surface area (Å²) >= 11 is 0. The molecule has 3 rings (SSSR count). The maximum absolute atomic E-state index is 3.84. The molecule has 3 aliphatic rings. The van der Waals surface area contributed by atoms with Crippen molar-refractivity contribution in [3.8, 4) is 0 Å². The topological polar surface area (TPSA) is 0 Å². The standard InChI is InChI=1S/C10H12/c1-2-9-7-8-3-5-10(9)6-4-8/h2,6,9-10H,1,3,5,7H2. The van der Waals surface area contributed by atoms with Gasteiger partial charge in [-0.15, -0.1) is 12.3 Å². The van der Waals surface area contributed by atoms with Crippen LogP contribution in [0, 0.1) is 11.8 Å². The van der Waals surface area contributed by atoms with Gasteiger partial charge in [0.05, 0.1) is 0 Å². The lowest BCUT2D eigenvalue weighted by Gasteiger charge is -2.30. The van der Waals surface area contributed by atoms with Gasteiger partial charge in [-0.25, -0.2) is 0 Å². The van der Waals surface area contributed by atoms with Crippen LogP contribution in [0.1, 0.15) is 19.3 Å². The molecule has 2 atom stereocenters. The van der Waals surface area contributed by atoms with Crippen LogP contribution in [0.3, 0.4) is 0 Å². The second-order valence-electron chi connectivity index (χ2n) is 3.22. The highest BCUT2D eigenvalue weighted by Crippen LogP contribution is 2.37. The first-order valence-electron chi connectivity index (χ1n) is 3.97. The lowest BCUT2D eigenvalue weighted by atomic mass is 9.74. The molecule has 0 N–H and O–H groups in total. The molecular weight excluding hydrogens is 120 g/mol. The van der Waals surface area contributed by atoms with Gasteiger partial charge in [0.1, 0.15) is 0 Å². The van der Waals surface area contributed by atoms with Crippen molar-refractivity contribution in [2.24, 2.45) is 11.8 Å². The molecule has 0 aromatic heterocycles. The number of hydrogen-bond donors (Lipinski definition) is 0. The van der Waals surface area contributed by atoms with Crippen molar-refractivity contribution in [1.29, 1.82) is 0 Å². The molecule has 0 aliphatic heterocycles. The normalized spacial score (nSPS) is 35.8. The van der Waals surface area contributed by atoms with Gasteiger partial charge in [-0.1, -0.05) is 6.08 Å². The SMILES string of the molecule is C=CC1CC2=C=CC1CC2. The van der Waals surface area contributed by atoms with Crippen LogP contribution >= 0.6 is 0 Å². The maximum atomic E-state index is 3.84. The third-order valence-electron chi connectivity index (χ3n) is 2.62. The van der Waals surface area contributed by atoms with Gasteiger partial charge in [-0.3, -0.25) is 0 Å². The van der Waals surface area contributed by atoms with Gasteiger partial charge in [0, 0.05) is 0 Å². The van der Waals surface area contributed by atoms with E-state index >= 15 is 0 Å². The zero-order valence-corrected chi connectivity index (χ0v) is 6.14. The van der Waals surface area contributed by atoms with Gasteiger partial charge in [-0.2, -0.15) is 0 Å². The van der Waals surface area contributed by atoms with Gasteiger partial charge >= 0.3 is 0 Å². The van der Waals surface area contributed by atoms with Gasteiger partial charge in [-0.05, 0) is 42.7 Å². The van der Waals surface area contributed by atoms with Crippen molar-refractivity contribution in [2.45, 2.75) is 19.3 Å². The lowest BCUT2D eigenvalue weighted by molar-refractivity contribution is 0.383. The molecule has 0 radical (unpaired) electrons. The Hall–Kier alpha value is -0.740. The van der Waals surface area contributed by atoms with Crippen LogP contribution in [0.15, 0.2) is 30.0 Å². The Balaban J connectivity index is 2.28. The molecule has 0 saturated heterocycles. The summed E-state index contributed by atoms with van der Waals surface area (Å²) in [5.74, 6) is 1.49. The fourth-order valence-corrected chi connectivity index (χ4v) is 1.91. The van der Waals surface area contributed by atoms with Crippen LogP contribution in [0.5, 0.6) is 0 Å². The average Bonchev–Trinajstić information content (AvgIpc) is 2.06. The van der Waals surface area contributed by atoms with Crippen molar-refractivity contribution in [3.05, 3.63) is 30.0 Å². The Morgan fingerprint density at radius 1 is 1.70 bits per heavy atom. The molecule has 0 heteroatoms. The van der Waals surface area contributed by atoms with Crippen molar-refractivity contribution >= 4 is 0 Å². The summed E-state index contributed by atoms with van der Waals surface area (Å²) in [6.45, 7) is 3.84. The second-order valence-corrected chi connectivity index (χ2v) is 3.22. The molecule has 0 heterocycles. The number of rotatable bonds is 1. The predicted octanol–water partition coefficient (Wildman–Crippen LogP) is 2.68. The van der Waals surface area contributed by atoms with E-state index in [1.165, 1.54) is 24.8 Å². The number of fused-ring (bicyclic) bond motifs is 2. The Bertz CT molecular complexity index is 216. The first-order valence-corrected chi connectivity index (χ1v) is 3.97. The second kappa shape index (κ2) is 2.14. The minimum Gasteiger partial charge on any atom is -0.126 e. The number of hydrogen-bond acceptors (Lipinski definition) is 0. The summed E-state index contributed by atoms with van der Waals surface area (Å²) in [7, 11) is 0. The van der Waals surface area contributed by atoms with Gasteiger partial charge in [0.15, 0.2) is 0 Å². The molecule has 3 aliphatic carbocycles. The summed E-state index contributed by atoms with van der Waals surface area (Å²) < 4.78 is 0. The van der Waals surface area contributed by atoms with E-state index in [1.54, 1.807) is 0 Å². The van der Waals surface area contributed by atoms with E-state index in [1.807, 2.05) is 0 Å². The van der Waals surface area contributed by atoms with Crippen LogP contribution in [-0.4, -0.2) is 0 Å². The minimum atomic E-state index is 0.727. The van der Waals surface area contributed by atoms with Gasteiger partial charge in [0.25, 0.3) is 0 Å². The first kappa shape index (κ1) is 6.00. The van der Waals surface area contributed by atoms with E-state index in [4.69, 9.17) is 0 Å². The minimum absolute atomic E-state index is 0.727. The van der Waals surface area contributed by atoms with Crippen molar-refractivity contribution < 1.29 is 0 Å². The van der Waals surface area contributed by atoms with Crippen LogP contribution in [0.2, 0.25) is 0 Å². The van der Waals surface area contributed by atoms with Crippen molar-refractivity contribution in [1.82, 2.24) is 0 Å². The molecule has 0 aromatic rings. The highest BCUT2D eigenvalue weighted by atomic mass is 14.3. The maximum Gasteiger partial charge on any atom is -0.00880 e. The largest absolute Gasteiger partial charge is 0.126 e. The molecule has 10 heavy (non-hydrogen) atoms. The van der Waals surface area contributed by atoms with Crippen LogP contribution in [0.4, 0.5) is 0 Å². The molecule has 2 bridgehead atoms. The van der Waals surface area contributed by atoms with Gasteiger partial charge < -0.3 is 0 Å². The van der Waals surface area contributed by atoms with E-state index in [0.29, 0.717) is 0 Å². The summed E-state index contributed by atoms with van der Waals surface area (Å²) in [4.78, 5) is 0. The lowest BCUT2D eigenvalue weighted by Crippen LogP contribution is -2.19. The molecule has 1 fully saturated rings. The van der Waals surface area contributed by atoms with Gasteiger partial charge in [0.2, 0.25) is 0 Å². The zero-order valence-electron chi connectivity index (χ0n) is 6.14. The Labute approximate surface area is 61.9 Å². The molecule has 2 unspecified atom stereocenters. The summed E-state index contributed by atoms with van der Waals surface area (Å²) in [6.07, 6.45) is 8.17. The predicted molar refractivity (Wildman–Crippen MR) is 42.6 cm³/mol. The van der Waals surface area contributed by atoms with E-state index in [2.05, 4.69) is 24.5 Å².